The van der Waals surface area contributed by atoms with Gasteiger partial charge >= 0.3 is 0 Å². The highest BCUT2D eigenvalue weighted by atomic mass is 35.5. The van der Waals surface area contributed by atoms with Gasteiger partial charge in [-0.25, -0.2) is 0 Å². The minimum absolute atomic E-state index is 0. The van der Waals surface area contributed by atoms with Gasteiger partial charge in [0.15, 0.2) is 0 Å². The number of nitrogens with zero attached hydrogens (tertiary/aromatic N) is 2. The fourth-order valence-electron chi connectivity index (χ4n) is 2.64. The fraction of sp³-hybridized carbons (Fsp3) is 0.611. The molecule has 0 unspecified atom stereocenters. The van der Waals surface area contributed by atoms with Crippen LogP contribution in [0.5, 0.6) is 0 Å². The Labute approximate surface area is 152 Å². The van der Waals surface area contributed by atoms with E-state index in [0.717, 1.165) is 38.3 Å². The van der Waals surface area contributed by atoms with Gasteiger partial charge in [-0.15, -0.1) is 12.4 Å². The summed E-state index contributed by atoms with van der Waals surface area (Å²) in [5, 5.41) is 2.91. The number of nitrogens with two attached hydrogens (primary N) is 1. The number of hydrogen-bond acceptors (Lipinski definition) is 4. The predicted octanol–water partition coefficient (Wildman–Crippen LogP) is 1.46. The van der Waals surface area contributed by atoms with Crippen LogP contribution < -0.4 is 11.1 Å². The number of nitrogens with one attached hydrogen (secondary N) is 1. The number of amides is 1. The second-order valence-electron chi connectivity index (χ2n) is 6.88. The molecular weight excluding hydrogens is 324 g/mol. The maximum Gasteiger partial charge on any atom is 0.237 e. The Bertz CT molecular complexity index is 498. The SMILES string of the molecule is CC(C)[C@H](N)C(=O)NCc1ccc(CN2CCN(C)CC2)cc1.Cl. The molecule has 1 atom stereocenters. The Hall–Kier alpha value is -1.14. The van der Waals surface area contributed by atoms with Crippen LogP contribution in [-0.2, 0) is 17.9 Å². The van der Waals surface area contributed by atoms with Gasteiger partial charge in [-0.3, -0.25) is 9.69 Å². The normalized spacial score (nSPS) is 17.4. The average Bonchev–Trinajstić information content (AvgIpc) is 2.55. The van der Waals surface area contributed by atoms with Crippen LogP contribution in [0.2, 0.25) is 0 Å². The summed E-state index contributed by atoms with van der Waals surface area (Å²) in [4.78, 5) is 16.7. The van der Waals surface area contributed by atoms with Gasteiger partial charge in [-0.1, -0.05) is 38.1 Å². The van der Waals surface area contributed by atoms with Crippen molar-refractivity contribution in [2.45, 2.75) is 33.0 Å². The number of halogens is 1. The molecular formula is C18H31ClN4O. The molecule has 1 saturated heterocycles. The van der Waals surface area contributed by atoms with Gasteiger partial charge < -0.3 is 16.0 Å². The standard InChI is InChI=1S/C18H30N4O.ClH/c1-14(2)17(19)18(23)20-12-15-4-6-16(7-5-15)13-22-10-8-21(3)9-11-22;/h4-7,14,17H,8-13,19H2,1-3H3,(H,20,23);1H/t17-;/m0./s1. The quantitative estimate of drug-likeness (QED) is 0.811. The molecule has 1 aromatic rings. The number of likely N-dealkylation sites (N-methyl/N-ethyl adjacent to an activating group) is 1. The Balaban J connectivity index is 0.00000288. The second-order valence-corrected chi connectivity index (χ2v) is 6.88. The molecule has 0 radical (unpaired) electrons. The summed E-state index contributed by atoms with van der Waals surface area (Å²) in [6, 6.07) is 8.05. The molecule has 1 aliphatic heterocycles. The van der Waals surface area contributed by atoms with E-state index in [2.05, 4.69) is 46.4 Å². The largest absolute Gasteiger partial charge is 0.351 e. The molecule has 3 N–H and O–H groups in total. The van der Waals surface area contributed by atoms with Gasteiger partial charge in [-0.2, -0.15) is 0 Å². The second kappa shape index (κ2) is 9.99. The lowest BCUT2D eigenvalue weighted by atomic mass is 10.0. The molecule has 0 aromatic heterocycles. The van der Waals surface area contributed by atoms with E-state index in [4.69, 9.17) is 5.73 Å². The molecule has 2 rings (SSSR count). The van der Waals surface area contributed by atoms with Crippen LogP contribution in [0, 0.1) is 5.92 Å². The van der Waals surface area contributed by atoms with Crippen LogP contribution in [0.25, 0.3) is 0 Å². The number of rotatable bonds is 6. The topological polar surface area (TPSA) is 61.6 Å². The third-order valence-corrected chi connectivity index (χ3v) is 4.51. The summed E-state index contributed by atoms with van der Waals surface area (Å²) in [7, 11) is 2.17. The molecule has 0 bridgehead atoms. The van der Waals surface area contributed by atoms with Crippen molar-refractivity contribution in [2.75, 3.05) is 33.2 Å². The molecule has 0 saturated carbocycles. The van der Waals surface area contributed by atoms with Crippen LogP contribution in [0.3, 0.4) is 0 Å². The van der Waals surface area contributed by atoms with Gasteiger partial charge in [-0.05, 0) is 24.1 Å². The lowest BCUT2D eigenvalue weighted by molar-refractivity contribution is -0.123. The maximum atomic E-state index is 11.9. The minimum Gasteiger partial charge on any atom is -0.351 e. The van der Waals surface area contributed by atoms with Crippen molar-refractivity contribution < 1.29 is 4.79 Å². The van der Waals surface area contributed by atoms with Crippen molar-refractivity contribution in [1.29, 1.82) is 0 Å². The highest BCUT2D eigenvalue weighted by Gasteiger charge is 2.16. The van der Waals surface area contributed by atoms with Crippen LogP contribution >= 0.6 is 12.4 Å². The summed E-state index contributed by atoms with van der Waals surface area (Å²) >= 11 is 0. The number of carbonyl (C=O) groups excluding carboxylic acids is 1. The predicted molar refractivity (Wildman–Crippen MR) is 101 cm³/mol. The van der Waals surface area contributed by atoms with Gasteiger partial charge in [0.2, 0.25) is 5.91 Å². The van der Waals surface area contributed by atoms with Crippen molar-refractivity contribution in [3.05, 3.63) is 35.4 Å². The van der Waals surface area contributed by atoms with Crippen molar-refractivity contribution in [3.8, 4) is 0 Å². The number of benzene rings is 1. The molecule has 1 fully saturated rings. The first-order chi connectivity index (χ1) is 11.0. The fourth-order valence-corrected chi connectivity index (χ4v) is 2.64. The van der Waals surface area contributed by atoms with E-state index in [0.29, 0.717) is 6.54 Å². The molecule has 1 aromatic carbocycles. The summed E-state index contributed by atoms with van der Waals surface area (Å²) in [6.45, 7) is 9.98. The van der Waals surface area contributed by atoms with Crippen LogP contribution in [0.1, 0.15) is 25.0 Å². The zero-order chi connectivity index (χ0) is 16.8. The lowest BCUT2D eigenvalue weighted by Crippen LogP contribution is -2.43. The van der Waals surface area contributed by atoms with Gasteiger partial charge in [0.05, 0.1) is 6.04 Å². The van der Waals surface area contributed by atoms with Crippen molar-refractivity contribution in [2.24, 2.45) is 11.7 Å². The molecule has 0 aliphatic carbocycles. The maximum absolute atomic E-state index is 11.9. The van der Waals surface area contributed by atoms with E-state index >= 15 is 0 Å². The van der Waals surface area contributed by atoms with Crippen LogP contribution in [0.15, 0.2) is 24.3 Å². The Morgan fingerprint density at radius 1 is 1.12 bits per heavy atom. The smallest absolute Gasteiger partial charge is 0.237 e. The first kappa shape index (κ1) is 20.9. The highest BCUT2D eigenvalue weighted by molar-refractivity contribution is 5.85. The average molecular weight is 355 g/mol. The number of hydrogen-bond donors (Lipinski definition) is 2. The van der Waals surface area contributed by atoms with Gasteiger partial charge in [0.25, 0.3) is 0 Å². The van der Waals surface area contributed by atoms with Crippen LogP contribution in [-0.4, -0.2) is 55.0 Å². The molecule has 1 heterocycles. The minimum atomic E-state index is -0.438. The van der Waals surface area contributed by atoms with Gasteiger partial charge in [0, 0.05) is 39.3 Å². The molecule has 1 aliphatic rings. The van der Waals surface area contributed by atoms with Crippen molar-refractivity contribution in [3.63, 3.8) is 0 Å². The molecule has 6 heteroatoms. The van der Waals surface area contributed by atoms with E-state index in [1.54, 1.807) is 0 Å². The first-order valence-electron chi connectivity index (χ1n) is 8.47. The first-order valence-corrected chi connectivity index (χ1v) is 8.47. The number of piperazine rings is 1. The lowest BCUT2D eigenvalue weighted by Gasteiger charge is -2.32. The highest BCUT2D eigenvalue weighted by Crippen LogP contribution is 2.10. The monoisotopic (exact) mass is 354 g/mol. The van der Waals surface area contributed by atoms with E-state index < -0.39 is 6.04 Å². The third-order valence-electron chi connectivity index (χ3n) is 4.51. The summed E-state index contributed by atoms with van der Waals surface area (Å²) < 4.78 is 0. The van der Waals surface area contributed by atoms with E-state index in [1.165, 1.54) is 5.56 Å². The van der Waals surface area contributed by atoms with E-state index in [1.807, 2.05) is 13.8 Å². The molecule has 0 spiro atoms. The van der Waals surface area contributed by atoms with Crippen molar-refractivity contribution in [1.82, 2.24) is 15.1 Å². The zero-order valence-electron chi connectivity index (χ0n) is 15.0. The van der Waals surface area contributed by atoms with E-state index in [-0.39, 0.29) is 24.2 Å². The summed E-state index contributed by atoms with van der Waals surface area (Å²) in [5.74, 6) is 0.0717. The van der Waals surface area contributed by atoms with Crippen LogP contribution in [0.4, 0.5) is 0 Å². The Morgan fingerprint density at radius 3 is 2.21 bits per heavy atom. The van der Waals surface area contributed by atoms with E-state index in [9.17, 15) is 4.79 Å². The summed E-state index contributed by atoms with van der Waals surface area (Å²) in [6.07, 6.45) is 0. The molecule has 5 nitrogen and oxygen atoms in total. The number of carbonyl (C=O) groups is 1. The molecule has 24 heavy (non-hydrogen) atoms. The Kier molecular flexibility index (Phi) is 8.70. The van der Waals surface area contributed by atoms with Gasteiger partial charge in [0.1, 0.15) is 0 Å². The molecule has 136 valence electrons. The molecule has 1 amide bonds. The zero-order valence-corrected chi connectivity index (χ0v) is 15.8. The summed E-state index contributed by atoms with van der Waals surface area (Å²) in [5.41, 5.74) is 8.27. The Morgan fingerprint density at radius 2 is 1.67 bits per heavy atom. The van der Waals surface area contributed by atoms with Crippen molar-refractivity contribution >= 4 is 18.3 Å². The third kappa shape index (κ3) is 6.40.